The molecule has 28 heavy (non-hydrogen) atoms. The average molecular weight is 403 g/mol. The van der Waals surface area contributed by atoms with Crippen molar-refractivity contribution in [2.75, 3.05) is 46.1 Å². The molecule has 0 fully saturated rings. The maximum absolute atomic E-state index is 11.4. The third kappa shape index (κ3) is 19.6. The lowest BCUT2D eigenvalue weighted by Gasteiger charge is -2.09. The summed E-state index contributed by atoms with van der Waals surface area (Å²) in [5.74, 6) is 0.121. The highest BCUT2D eigenvalue weighted by atomic mass is 16.5. The zero-order valence-electron chi connectivity index (χ0n) is 18.4. The van der Waals surface area contributed by atoms with Crippen LogP contribution in [0.2, 0.25) is 0 Å². The SMILES string of the molecule is CC(C)OCC(=O)NCCCCCOCCOCCCCCNC(=O)C(C)C. The van der Waals surface area contributed by atoms with Gasteiger partial charge in [0.2, 0.25) is 11.8 Å². The van der Waals surface area contributed by atoms with E-state index in [0.717, 1.165) is 58.3 Å². The van der Waals surface area contributed by atoms with Crippen molar-refractivity contribution in [1.29, 1.82) is 0 Å². The molecule has 0 saturated carbocycles. The zero-order chi connectivity index (χ0) is 21.0. The summed E-state index contributed by atoms with van der Waals surface area (Å²) in [5.41, 5.74) is 0. The normalized spacial score (nSPS) is 11.2. The molecule has 0 aliphatic heterocycles. The number of rotatable bonds is 19. The van der Waals surface area contributed by atoms with Crippen molar-refractivity contribution in [3.05, 3.63) is 0 Å². The fourth-order valence-electron chi connectivity index (χ4n) is 2.27. The molecule has 2 N–H and O–H groups in total. The van der Waals surface area contributed by atoms with E-state index in [1.54, 1.807) is 0 Å². The van der Waals surface area contributed by atoms with Crippen LogP contribution >= 0.6 is 0 Å². The fraction of sp³-hybridized carbons (Fsp3) is 0.905. The van der Waals surface area contributed by atoms with Crippen LogP contribution in [-0.2, 0) is 23.8 Å². The third-order valence-corrected chi connectivity index (χ3v) is 4.00. The number of amides is 2. The van der Waals surface area contributed by atoms with Gasteiger partial charge in [-0.2, -0.15) is 0 Å². The zero-order valence-corrected chi connectivity index (χ0v) is 18.4. The molecule has 0 bridgehead atoms. The van der Waals surface area contributed by atoms with E-state index in [1.165, 1.54) is 0 Å². The Bertz CT molecular complexity index is 389. The van der Waals surface area contributed by atoms with Crippen LogP contribution in [0.15, 0.2) is 0 Å². The molecule has 7 heteroatoms. The first-order chi connectivity index (χ1) is 13.4. The van der Waals surface area contributed by atoms with Gasteiger partial charge in [0.1, 0.15) is 6.61 Å². The molecule has 0 aromatic carbocycles. The summed E-state index contributed by atoms with van der Waals surface area (Å²) in [6, 6.07) is 0. The van der Waals surface area contributed by atoms with Crippen molar-refractivity contribution in [3.63, 3.8) is 0 Å². The van der Waals surface area contributed by atoms with Crippen molar-refractivity contribution >= 4 is 11.8 Å². The number of nitrogens with one attached hydrogen (secondary N) is 2. The van der Waals surface area contributed by atoms with Crippen molar-refractivity contribution in [1.82, 2.24) is 10.6 Å². The molecule has 0 atom stereocenters. The monoisotopic (exact) mass is 402 g/mol. The molecule has 7 nitrogen and oxygen atoms in total. The maximum Gasteiger partial charge on any atom is 0.246 e. The lowest BCUT2D eigenvalue weighted by molar-refractivity contribution is -0.127. The van der Waals surface area contributed by atoms with Crippen LogP contribution in [0.25, 0.3) is 0 Å². The minimum absolute atomic E-state index is 0.0533. The van der Waals surface area contributed by atoms with Crippen LogP contribution in [0, 0.1) is 5.92 Å². The van der Waals surface area contributed by atoms with Gasteiger partial charge in [-0.05, 0) is 52.4 Å². The lowest BCUT2D eigenvalue weighted by atomic mass is 10.2. The number of ether oxygens (including phenoxy) is 3. The van der Waals surface area contributed by atoms with E-state index >= 15 is 0 Å². The molecule has 0 rings (SSSR count). The quantitative estimate of drug-likeness (QED) is 0.325. The molecule has 0 spiro atoms. The summed E-state index contributed by atoms with van der Waals surface area (Å²) in [6.45, 7) is 11.9. The van der Waals surface area contributed by atoms with E-state index < -0.39 is 0 Å². The van der Waals surface area contributed by atoms with Gasteiger partial charge < -0.3 is 24.8 Å². The first kappa shape index (κ1) is 26.8. The molecule has 0 heterocycles. The highest BCUT2D eigenvalue weighted by molar-refractivity contribution is 5.77. The second-order valence-corrected chi connectivity index (χ2v) is 7.50. The van der Waals surface area contributed by atoms with Gasteiger partial charge in [0.25, 0.3) is 0 Å². The Balaban J connectivity index is 3.16. The molecule has 0 aliphatic rings. The average Bonchev–Trinajstić information content (AvgIpc) is 2.65. The largest absolute Gasteiger partial charge is 0.379 e. The second-order valence-electron chi connectivity index (χ2n) is 7.50. The van der Waals surface area contributed by atoms with E-state index in [4.69, 9.17) is 14.2 Å². The van der Waals surface area contributed by atoms with Gasteiger partial charge in [0.15, 0.2) is 0 Å². The van der Waals surface area contributed by atoms with Gasteiger partial charge in [-0.3, -0.25) is 9.59 Å². The minimum atomic E-state index is -0.0533. The first-order valence-electron chi connectivity index (χ1n) is 10.7. The molecule has 0 saturated heterocycles. The van der Waals surface area contributed by atoms with Crippen LogP contribution in [0.1, 0.15) is 66.2 Å². The lowest BCUT2D eigenvalue weighted by Crippen LogP contribution is -2.29. The predicted octanol–water partition coefficient (Wildman–Crippen LogP) is 2.67. The van der Waals surface area contributed by atoms with Gasteiger partial charge in [-0.25, -0.2) is 0 Å². The molecule has 166 valence electrons. The van der Waals surface area contributed by atoms with Crippen molar-refractivity contribution in [2.24, 2.45) is 5.92 Å². The topological polar surface area (TPSA) is 85.9 Å². The van der Waals surface area contributed by atoms with Gasteiger partial charge in [0.05, 0.1) is 19.3 Å². The molecule has 0 aliphatic carbocycles. The smallest absolute Gasteiger partial charge is 0.246 e. The number of hydrogen-bond donors (Lipinski definition) is 2. The fourth-order valence-corrected chi connectivity index (χ4v) is 2.27. The Morgan fingerprint density at radius 3 is 1.75 bits per heavy atom. The summed E-state index contributed by atoms with van der Waals surface area (Å²) < 4.78 is 16.3. The third-order valence-electron chi connectivity index (χ3n) is 4.00. The molecule has 2 amide bonds. The van der Waals surface area contributed by atoms with Gasteiger partial charge in [0, 0.05) is 32.2 Å². The summed E-state index contributed by atoms with van der Waals surface area (Å²) in [7, 11) is 0. The van der Waals surface area contributed by atoms with Crippen molar-refractivity contribution < 1.29 is 23.8 Å². The molecule has 0 radical (unpaired) electrons. The molecule has 0 unspecified atom stereocenters. The van der Waals surface area contributed by atoms with Gasteiger partial charge in [-0.1, -0.05) is 13.8 Å². The maximum atomic E-state index is 11.4. The van der Waals surface area contributed by atoms with E-state index in [9.17, 15) is 9.59 Å². The summed E-state index contributed by atoms with van der Waals surface area (Å²) >= 11 is 0. The Labute approximate surface area is 171 Å². The number of carbonyl (C=O) groups excluding carboxylic acids is 2. The van der Waals surface area contributed by atoms with Gasteiger partial charge >= 0.3 is 0 Å². The number of carbonyl (C=O) groups is 2. The number of hydrogen-bond acceptors (Lipinski definition) is 5. The second kappa shape index (κ2) is 19.2. The summed E-state index contributed by atoms with van der Waals surface area (Å²) in [4.78, 5) is 22.8. The highest BCUT2D eigenvalue weighted by Crippen LogP contribution is 1.98. The van der Waals surface area contributed by atoms with Gasteiger partial charge in [-0.15, -0.1) is 0 Å². The molecular formula is C21H42N2O5. The van der Waals surface area contributed by atoms with E-state index in [2.05, 4.69) is 10.6 Å². The van der Waals surface area contributed by atoms with Crippen LogP contribution in [-0.4, -0.2) is 64.0 Å². The van der Waals surface area contributed by atoms with Crippen LogP contribution < -0.4 is 10.6 Å². The number of unbranched alkanes of at least 4 members (excludes halogenated alkanes) is 4. The summed E-state index contributed by atoms with van der Waals surface area (Å²) in [5, 5.41) is 5.76. The predicted molar refractivity (Wildman–Crippen MR) is 111 cm³/mol. The van der Waals surface area contributed by atoms with Crippen molar-refractivity contribution in [3.8, 4) is 0 Å². The van der Waals surface area contributed by atoms with E-state index in [0.29, 0.717) is 19.8 Å². The van der Waals surface area contributed by atoms with Crippen LogP contribution in [0.4, 0.5) is 0 Å². The highest BCUT2D eigenvalue weighted by Gasteiger charge is 2.04. The van der Waals surface area contributed by atoms with Crippen LogP contribution in [0.5, 0.6) is 0 Å². The first-order valence-corrected chi connectivity index (χ1v) is 10.7. The molecular weight excluding hydrogens is 360 g/mol. The Kier molecular flexibility index (Phi) is 18.3. The Morgan fingerprint density at radius 1 is 0.714 bits per heavy atom. The summed E-state index contributed by atoms with van der Waals surface area (Å²) in [6.07, 6.45) is 6.09. The molecule has 0 aromatic rings. The van der Waals surface area contributed by atoms with E-state index in [-0.39, 0.29) is 30.4 Å². The molecule has 0 aromatic heterocycles. The van der Waals surface area contributed by atoms with Crippen LogP contribution in [0.3, 0.4) is 0 Å². The minimum Gasteiger partial charge on any atom is -0.379 e. The van der Waals surface area contributed by atoms with Crippen molar-refractivity contribution in [2.45, 2.75) is 72.3 Å². The Hall–Kier alpha value is -1.18. The standard InChI is InChI=1S/C21H42N2O5/c1-18(2)21(25)23-12-8-6-10-14-27-16-15-26-13-9-5-7-11-22-20(24)17-28-19(3)4/h18-19H,5-17H2,1-4H3,(H,22,24)(H,23,25). The Morgan fingerprint density at radius 2 is 1.25 bits per heavy atom. The van der Waals surface area contributed by atoms with E-state index in [1.807, 2.05) is 27.7 Å².